The van der Waals surface area contributed by atoms with Crippen molar-refractivity contribution >= 4 is 15.7 Å². The van der Waals surface area contributed by atoms with Gasteiger partial charge in [-0.3, -0.25) is 5.41 Å². The lowest BCUT2D eigenvalue weighted by Gasteiger charge is -2.10. The number of nitrogen functional groups attached to an aromatic ring is 1. The van der Waals surface area contributed by atoms with Crippen LogP contribution < -0.4 is 5.73 Å². The van der Waals surface area contributed by atoms with Gasteiger partial charge < -0.3 is 15.2 Å². The zero-order valence-corrected chi connectivity index (χ0v) is 11.9. The highest BCUT2D eigenvalue weighted by Crippen LogP contribution is 2.14. The van der Waals surface area contributed by atoms with Crippen molar-refractivity contribution in [2.75, 3.05) is 25.6 Å². The number of sulfone groups is 1. The van der Waals surface area contributed by atoms with Crippen LogP contribution in [0.2, 0.25) is 0 Å². The molecule has 2 rings (SSSR count). The summed E-state index contributed by atoms with van der Waals surface area (Å²) < 4.78 is 34.9. The largest absolute Gasteiger partial charge is 0.384 e. The van der Waals surface area contributed by atoms with Crippen molar-refractivity contribution < 1.29 is 17.9 Å². The Morgan fingerprint density at radius 1 is 1.50 bits per heavy atom. The topological polar surface area (TPSA) is 102 Å². The summed E-state index contributed by atoms with van der Waals surface area (Å²) in [6.45, 7) is 1.33. The maximum Gasteiger partial charge on any atom is 0.180 e. The molecule has 0 bridgehead atoms. The quantitative estimate of drug-likeness (QED) is 0.590. The number of hydrogen-bond donors (Lipinski definition) is 2. The molecular weight excluding hydrogens is 280 g/mol. The Labute approximate surface area is 118 Å². The Balaban J connectivity index is 1.98. The van der Waals surface area contributed by atoms with Crippen molar-refractivity contribution in [2.45, 2.75) is 17.4 Å². The highest BCUT2D eigenvalue weighted by atomic mass is 32.2. The van der Waals surface area contributed by atoms with E-state index in [1.165, 1.54) is 12.1 Å². The Bertz CT molecular complexity index is 580. The van der Waals surface area contributed by atoms with E-state index >= 15 is 0 Å². The first kappa shape index (κ1) is 15.0. The number of rotatable bonds is 6. The lowest BCUT2D eigenvalue weighted by atomic mass is 10.2. The van der Waals surface area contributed by atoms with Crippen LogP contribution in [-0.4, -0.2) is 45.9 Å². The lowest BCUT2D eigenvalue weighted by Crippen LogP contribution is -2.19. The average Bonchev–Trinajstić information content (AvgIpc) is 2.92. The summed E-state index contributed by atoms with van der Waals surface area (Å²) in [5, 5.41) is 7.33. The first-order chi connectivity index (χ1) is 9.49. The van der Waals surface area contributed by atoms with Crippen LogP contribution in [0.5, 0.6) is 0 Å². The molecule has 3 N–H and O–H groups in total. The van der Waals surface area contributed by atoms with Crippen LogP contribution in [0, 0.1) is 5.41 Å². The molecule has 1 aliphatic heterocycles. The molecule has 110 valence electrons. The third-order valence-electron chi connectivity index (χ3n) is 3.10. The molecule has 20 heavy (non-hydrogen) atoms. The molecule has 1 aromatic rings. The smallest absolute Gasteiger partial charge is 0.180 e. The van der Waals surface area contributed by atoms with Gasteiger partial charge in [0.05, 0.1) is 30.0 Å². The summed E-state index contributed by atoms with van der Waals surface area (Å²) in [5.41, 5.74) is 5.76. The highest BCUT2D eigenvalue weighted by Gasteiger charge is 2.19. The molecule has 0 aliphatic carbocycles. The second kappa shape index (κ2) is 6.34. The maximum absolute atomic E-state index is 12.2. The van der Waals surface area contributed by atoms with E-state index in [2.05, 4.69) is 0 Å². The van der Waals surface area contributed by atoms with E-state index in [0.29, 0.717) is 18.8 Å². The summed E-state index contributed by atoms with van der Waals surface area (Å²) in [7, 11) is -3.43. The standard InChI is InChI=1S/C13H18N2O4S/c14-13(15)10-2-1-3-12(8-10)20(16,17)7-6-19-11-4-5-18-9-11/h1-3,8,11H,4-7,9H2,(H3,14,15). The van der Waals surface area contributed by atoms with Crippen molar-refractivity contribution in [1.29, 1.82) is 5.41 Å². The van der Waals surface area contributed by atoms with E-state index in [0.717, 1.165) is 6.42 Å². The first-order valence-electron chi connectivity index (χ1n) is 6.35. The van der Waals surface area contributed by atoms with Gasteiger partial charge in [-0.2, -0.15) is 0 Å². The molecular formula is C13H18N2O4S. The summed E-state index contributed by atoms with van der Waals surface area (Å²) in [4.78, 5) is 0.163. The number of hydrogen-bond acceptors (Lipinski definition) is 5. The van der Waals surface area contributed by atoms with Gasteiger partial charge in [0.25, 0.3) is 0 Å². The normalized spacial score (nSPS) is 19.1. The minimum Gasteiger partial charge on any atom is -0.384 e. The van der Waals surface area contributed by atoms with Gasteiger partial charge in [0.15, 0.2) is 9.84 Å². The molecule has 0 aromatic heterocycles. The number of nitrogens with one attached hydrogen (secondary N) is 1. The fourth-order valence-corrected chi connectivity index (χ4v) is 3.09. The van der Waals surface area contributed by atoms with Crippen LogP contribution in [0.25, 0.3) is 0 Å². The number of ether oxygens (including phenoxy) is 2. The fraction of sp³-hybridized carbons (Fsp3) is 0.462. The van der Waals surface area contributed by atoms with Crippen LogP contribution >= 0.6 is 0 Å². The van der Waals surface area contributed by atoms with Crippen LogP contribution in [-0.2, 0) is 19.3 Å². The van der Waals surface area contributed by atoms with Crippen molar-refractivity contribution in [3.8, 4) is 0 Å². The van der Waals surface area contributed by atoms with Gasteiger partial charge >= 0.3 is 0 Å². The Morgan fingerprint density at radius 3 is 2.95 bits per heavy atom. The number of benzene rings is 1. The van der Waals surface area contributed by atoms with E-state index < -0.39 is 9.84 Å². The predicted octanol–water partition coefficient (Wildman–Crippen LogP) is 0.550. The number of nitrogens with two attached hydrogens (primary N) is 1. The SMILES string of the molecule is N=C(N)c1cccc(S(=O)(=O)CCOC2CCOC2)c1. The zero-order chi connectivity index (χ0) is 14.6. The minimum atomic E-state index is -3.43. The molecule has 1 heterocycles. The van der Waals surface area contributed by atoms with Gasteiger partial charge in [0.2, 0.25) is 0 Å². The van der Waals surface area contributed by atoms with Crippen LogP contribution in [0.4, 0.5) is 0 Å². The van der Waals surface area contributed by atoms with Crippen LogP contribution in [0.15, 0.2) is 29.2 Å². The van der Waals surface area contributed by atoms with Gasteiger partial charge in [-0.25, -0.2) is 8.42 Å². The van der Waals surface area contributed by atoms with Crippen molar-refractivity contribution in [3.05, 3.63) is 29.8 Å². The molecule has 6 nitrogen and oxygen atoms in total. The lowest BCUT2D eigenvalue weighted by molar-refractivity contribution is 0.0520. The number of amidine groups is 1. The summed E-state index contributed by atoms with van der Waals surface area (Å²) in [6.07, 6.45) is 0.800. The predicted molar refractivity (Wildman–Crippen MR) is 74.7 cm³/mol. The van der Waals surface area contributed by atoms with Gasteiger partial charge in [-0.1, -0.05) is 12.1 Å². The molecule has 1 saturated heterocycles. The summed E-state index contributed by atoms with van der Waals surface area (Å²) in [6, 6.07) is 6.10. The third kappa shape index (κ3) is 3.78. The second-order valence-electron chi connectivity index (χ2n) is 4.62. The third-order valence-corrected chi connectivity index (χ3v) is 4.77. The van der Waals surface area contributed by atoms with Crippen LogP contribution in [0.3, 0.4) is 0 Å². The van der Waals surface area contributed by atoms with Crippen molar-refractivity contribution in [1.82, 2.24) is 0 Å². The molecule has 0 spiro atoms. The van der Waals surface area contributed by atoms with Crippen LogP contribution in [0.1, 0.15) is 12.0 Å². The zero-order valence-electron chi connectivity index (χ0n) is 11.0. The summed E-state index contributed by atoms with van der Waals surface area (Å²) in [5.74, 6) is -0.244. The van der Waals surface area contributed by atoms with E-state index in [-0.39, 0.29) is 29.2 Å². The van der Waals surface area contributed by atoms with Crippen molar-refractivity contribution in [2.24, 2.45) is 5.73 Å². The van der Waals surface area contributed by atoms with E-state index in [9.17, 15) is 8.42 Å². The summed E-state index contributed by atoms with van der Waals surface area (Å²) >= 11 is 0. The molecule has 1 fully saturated rings. The van der Waals surface area contributed by atoms with Gasteiger partial charge in [0, 0.05) is 12.2 Å². The highest BCUT2D eigenvalue weighted by molar-refractivity contribution is 7.91. The molecule has 0 amide bonds. The Hall–Kier alpha value is -1.44. The molecule has 7 heteroatoms. The molecule has 1 unspecified atom stereocenters. The molecule has 1 atom stereocenters. The average molecular weight is 298 g/mol. The first-order valence-corrected chi connectivity index (χ1v) is 8.01. The fourth-order valence-electron chi connectivity index (χ4n) is 1.94. The monoisotopic (exact) mass is 298 g/mol. The van der Waals surface area contributed by atoms with E-state index in [1.807, 2.05) is 0 Å². The van der Waals surface area contributed by atoms with Gasteiger partial charge in [-0.15, -0.1) is 0 Å². The van der Waals surface area contributed by atoms with Gasteiger partial charge in [0.1, 0.15) is 5.84 Å². The molecule has 1 aromatic carbocycles. The molecule has 0 saturated carbocycles. The van der Waals surface area contributed by atoms with E-state index in [1.54, 1.807) is 12.1 Å². The van der Waals surface area contributed by atoms with E-state index in [4.69, 9.17) is 20.6 Å². The van der Waals surface area contributed by atoms with Crippen molar-refractivity contribution in [3.63, 3.8) is 0 Å². The van der Waals surface area contributed by atoms with Gasteiger partial charge in [-0.05, 0) is 18.6 Å². The second-order valence-corrected chi connectivity index (χ2v) is 6.73. The minimum absolute atomic E-state index is 0.00578. The maximum atomic E-state index is 12.2. The molecule has 0 radical (unpaired) electrons. The Morgan fingerprint density at radius 2 is 2.30 bits per heavy atom. The Kier molecular flexibility index (Phi) is 4.74. The molecule has 1 aliphatic rings.